The second-order valence-corrected chi connectivity index (χ2v) is 7.76. The number of hydrogen-bond donors (Lipinski definition) is 2. The molecule has 2 N–H and O–H groups in total. The number of rotatable bonds is 4. The van der Waals surface area contributed by atoms with Crippen molar-refractivity contribution in [2.45, 2.75) is 57.7 Å². The fourth-order valence-corrected chi connectivity index (χ4v) is 4.79. The molecule has 1 aliphatic heterocycles. The maximum Gasteiger partial charge on any atom is 0.326 e. The molecule has 3 unspecified atom stereocenters. The van der Waals surface area contributed by atoms with Crippen LogP contribution in [0.3, 0.4) is 0 Å². The molecular formula is C17H22N2O4S. The molecule has 1 aliphatic carbocycles. The van der Waals surface area contributed by atoms with Crippen LogP contribution in [-0.4, -0.2) is 39.9 Å². The molecule has 7 heteroatoms. The molecule has 2 fully saturated rings. The van der Waals surface area contributed by atoms with E-state index in [0.717, 1.165) is 30.6 Å². The molecule has 3 rings (SSSR count). The van der Waals surface area contributed by atoms with Crippen molar-refractivity contribution < 1.29 is 19.5 Å². The lowest BCUT2D eigenvalue weighted by molar-refractivity contribution is -0.141. The SMILES string of the molecule is CC(=O)NCc1ccc(C(=O)N2C(C(=O)O)CC3CCCCC32)s1. The van der Waals surface area contributed by atoms with Crippen molar-refractivity contribution in [3.8, 4) is 0 Å². The van der Waals surface area contributed by atoms with Gasteiger partial charge in [-0.1, -0.05) is 12.8 Å². The number of nitrogens with zero attached hydrogens (tertiary/aromatic N) is 1. The van der Waals surface area contributed by atoms with Crippen LogP contribution in [0.1, 0.15) is 53.6 Å². The van der Waals surface area contributed by atoms with Crippen LogP contribution in [0.25, 0.3) is 0 Å². The number of carboxylic acids is 1. The molecule has 1 aromatic rings. The van der Waals surface area contributed by atoms with Crippen molar-refractivity contribution in [2.24, 2.45) is 5.92 Å². The second-order valence-electron chi connectivity index (χ2n) is 6.59. The number of fused-ring (bicyclic) bond motifs is 1. The zero-order chi connectivity index (χ0) is 17.3. The van der Waals surface area contributed by atoms with E-state index in [1.54, 1.807) is 11.0 Å². The molecule has 0 radical (unpaired) electrons. The van der Waals surface area contributed by atoms with Gasteiger partial charge >= 0.3 is 5.97 Å². The van der Waals surface area contributed by atoms with Crippen LogP contribution >= 0.6 is 11.3 Å². The zero-order valence-corrected chi connectivity index (χ0v) is 14.5. The van der Waals surface area contributed by atoms with Crippen molar-refractivity contribution in [3.05, 3.63) is 21.9 Å². The summed E-state index contributed by atoms with van der Waals surface area (Å²) in [5.41, 5.74) is 0. The van der Waals surface area contributed by atoms with Crippen LogP contribution < -0.4 is 5.32 Å². The predicted octanol–water partition coefficient (Wildman–Crippen LogP) is 2.24. The van der Waals surface area contributed by atoms with Gasteiger partial charge in [-0.05, 0) is 37.3 Å². The average molecular weight is 350 g/mol. The normalized spacial score (nSPS) is 26.0. The van der Waals surface area contributed by atoms with Gasteiger partial charge in [-0.2, -0.15) is 0 Å². The minimum absolute atomic E-state index is 0.0493. The Morgan fingerprint density at radius 2 is 2.04 bits per heavy atom. The molecule has 2 aliphatic rings. The molecule has 0 aromatic carbocycles. The van der Waals surface area contributed by atoms with Gasteiger partial charge in [0.2, 0.25) is 5.91 Å². The number of amides is 2. The first-order valence-corrected chi connectivity index (χ1v) is 9.17. The topological polar surface area (TPSA) is 86.7 Å². The van der Waals surface area contributed by atoms with E-state index in [1.807, 2.05) is 6.07 Å². The summed E-state index contributed by atoms with van der Waals surface area (Å²) in [5, 5.41) is 12.2. The first kappa shape index (κ1) is 17.0. The van der Waals surface area contributed by atoms with Gasteiger partial charge in [0.25, 0.3) is 5.91 Å². The number of carbonyl (C=O) groups excluding carboxylic acids is 2. The molecule has 0 spiro atoms. The summed E-state index contributed by atoms with van der Waals surface area (Å²) in [7, 11) is 0. The maximum absolute atomic E-state index is 13.0. The van der Waals surface area contributed by atoms with Crippen LogP contribution in [0.15, 0.2) is 12.1 Å². The zero-order valence-electron chi connectivity index (χ0n) is 13.7. The van der Waals surface area contributed by atoms with Crippen LogP contribution in [0.4, 0.5) is 0 Å². The first-order chi connectivity index (χ1) is 11.5. The van der Waals surface area contributed by atoms with Crippen molar-refractivity contribution in [3.63, 3.8) is 0 Å². The lowest BCUT2D eigenvalue weighted by atomic mass is 9.85. The van der Waals surface area contributed by atoms with Gasteiger partial charge in [0.15, 0.2) is 0 Å². The molecule has 1 aromatic heterocycles. The number of thiophene rings is 1. The quantitative estimate of drug-likeness (QED) is 0.872. The van der Waals surface area contributed by atoms with Gasteiger partial charge < -0.3 is 15.3 Å². The minimum Gasteiger partial charge on any atom is -0.480 e. The number of nitrogens with one attached hydrogen (secondary N) is 1. The van der Waals surface area contributed by atoms with E-state index in [2.05, 4.69) is 5.32 Å². The van der Waals surface area contributed by atoms with Gasteiger partial charge in [-0.3, -0.25) is 9.59 Å². The van der Waals surface area contributed by atoms with E-state index in [4.69, 9.17) is 0 Å². The highest BCUT2D eigenvalue weighted by Crippen LogP contribution is 2.41. The Kier molecular flexibility index (Phi) is 4.89. The lowest BCUT2D eigenvalue weighted by Crippen LogP contribution is -2.46. The van der Waals surface area contributed by atoms with E-state index < -0.39 is 12.0 Å². The Labute approximate surface area is 144 Å². The third-order valence-corrected chi connectivity index (χ3v) is 6.06. The van der Waals surface area contributed by atoms with Crippen LogP contribution in [0.5, 0.6) is 0 Å². The van der Waals surface area contributed by atoms with Gasteiger partial charge in [0.05, 0.1) is 11.4 Å². The van der Waals surface area contributed by atoms with Gasteiger partial charge in [-0.25, -0.2) is 4.79 Å². The van der Waals surface area contributed by atoms with Crippen molar-refractivity contribution in [1.29, 1.82) is 0 Å². The Morgan fingerprint density at radius 3 is 2.75 bits per heavy atom. The summed E-state index contributed by atoms with van der Waals surface area (Å²) in [4.78, 5) is 38.6. The first-order valence-electron chi connectivity index (χ1n) is 8.36. The van der Waals surface area contributed by atoms with Gasteiger partial charge in [-0.15, -0.1) is 11.3 Å². The molecule has 2 heterocycles. The fourth-order valence-electron chi connectivity index (χ4n) is 3.90. The third kappa shape index (κ3) is 3.31. The molecule has 2 amide bonds. The van der Waals surface area contributed by atoms with Crippen LogP contribution in [0, 0.1) is 5.92 Å². The number of aliphatic carboxylic acids is 1. The summed E-state index contributed by atoms with van der Waals surface area (Å²) in [6.07, 6.45) is 4.64. The summed E-state index contributed by atoms with van der Waals surface area (Å²) in [5.74, 6) is -0.905. The highest BCUT2D eigenvalue weighted by atomic mass is 32.1. The van der Waals surface area contributed by atoms with Crippen molar-refractivity contribution in [2.75, 3.05) is 0 Å². The highest BCUT2D eigenvalue weighted by molar-refractivity contribution is 7.14. The smallest absolute Gasteiger partial charge is 0.326 e. The van der Waals surface area contributed by atoms with Crippen LogP contribution in [0.2, 0.25) is 0 Å². The average Bonchev–Trinajstić information content (AvgIpc) is 3.17. The number of carboxylic acid groups (broad SMARTS) is 1. The molecule has 1 saturated heterocycles. The van der Waals surface area contributed by atoms with Gasteiger partial charge in [0, 0.05) is 17.8 Å². The molecule has 0 bridgehead atoms. The summed E-state index contributed by atoms with van der Waals surface area (Å²) in [6, 6.07) is 2.89. The van der Waals surface area contributed by atoms with E-state index in [9.17, 15) is 19.5 Å². The van der Waals surface area contributed by atoms with E-state index >= 15 is 0 Å². The second kappa shape index (κ2) is 6.93. The molecule has 3 atom stereocenters. The Bertz CT molecular complexity index is 657. The Balaban J connectivity index is 1.79. The predicted molar refractivity (Wildman–Crippen MR) is 89.8 cm³/mol. The standard InChI is InChI=1S/C17H22N2O4S/c1-10(20)18-9-12-6-7-15(24-12)16(21)19-13-5-3-2-4-11(13)8-14(19)17(22)23/h6-7,11,13-14H,2-5,8-9H2,1H3,(H,18,20)(H,22,23). The summed E-state index contributed by atoms with van der Waals surface area (Å²) >= 11 is 1.32. The molecule has 6 nitrogen and oxygen atoms in total. The van der Waals surface area contributed by atoms with Crippen molar-refractivity contribution >= 4 is 29.1 Å². The monoisotopic (exact) mass is 350 g/mol. The number of carbonyl (C=O) groups is 3. The van der Waals surface area contributed by atoms with Crippen LogP contribution in [-0.2, 0) is 16.1 Å². The molecule has 24 heavy (non-hydrogen) atoms. The third-order valence-electron chi connectivity index (χ3n) is 4.99. The highest BCUT2D eigenvalue weighted by Gasteiger charge is 2.47. The molecule has 1 saturated carbocycles. The van der Waals surface area contributed by atoms with E-state index in [1.165, 1.54) is 18.3 Å². The Morgan fingerprint density at radius 1 is 1.29 bits per heavy atom. The lowest BCUT2D eigenvalue weighted by Gasteiger charge is -2.32. The maximum atomic E-state index is 13.0. The minimum atomic E-state index is -0.909. The van der Waals surface area contributed by atoms with E-state index in [-0.39, 0.29) is 17.9 Å². The number of hydrogen-bond acceptors (Lipinski definition) is 4. The fraction of sp³-hybridized carbons (Fsp3) is 0.588. The number of likely N-dealkylation sites (tertiary alicyclic amines) is 1. The largest absolute Gasteiger partial charge is 0.480 e. The molecular weight excluding hydrogens is 328 g/mol. The molecule has 130 valence electrons. The van der Waals surface area contributed by atoms with Gasteiger partial charge in [0.1, 0.15) is 6.04 Å². The van der Waals surface area contributed by atoms with E-state index in [0.29, 0.717) is 23.8 Å². The van der Waals surface area contributed by atoms with Crippen molar-refractivity contribution in [1.82, 2.24) is 10.2 Å². The Hall–Kier alpha value is -1.89. The summed E-state index contributed by atoms with van der Waals surface area (Å²) in [6.45, 7) is 1.84. The summed E-state index contributed by atoms with van der Waals surface area (Å²) < 4.78 is 0.